The van der Waals surface area contributed by atoms with Gasteiger partial charge in [-0.05, 0) is 36.2 Å². The highest BCUT2D eigenvalue weighted by Crippen LogP contribution is 2.28. The molecule has 0 aliphatic heterocycles. The minimum absolute atomic E-state index is 0.0523. The molecule has 0 radical (unpaired) electrons. The lowest BCUT2D eigenvalue weighted by atomic mass is 10.1. The molecule has 0 spiro atoms. The number of aliphatic carboxylic acids is 1. The molecule has 1 atom stereocenters. The molecular weight excluding hydrogens is 446 g/mol. The van der Waals surface area contributed by atoms with Crippen molar-refractivity contribution in [2.45, 2.75) is 23.7 Å². The number of nitrogens with one attached hydrogen (secondary N) is 3. The van der Waals surface area contributed by atoms with Crippen molar-refractivity contribution in [1.29, 1.82) is 0 Å². The standard InChI is InChI=1S/C22H21N5O3S2/c1-13-5-4-6-15(9-13)24-21-26-27-22(32-21)31-12-19(28)25-18(20(29)30)10-14-11-23-17-8-3-2-7-16(14)17/h2-9,11,18,23H,10,12H2,1H3,(H,24,26)(H,25,28)(H,29,30). The number of aromatic amines is 1. The monoisotopic (exact) mass is 467 g/mol. The van der Waals surface area contributed by atoms with Crippen LogP contribution in [0.3, 0.4) is 0 Å². The zero-order valence-corrected chi connectivity index (χ0v) is 18.8. The van der Waals surface area contributed by atoms with E-state index in [1.54, 1.807) is 6.20 Å². The lowest BCUT2D eigenvalue weighted by molar-refractivity contribution is -0.141. The van der Waals surface area contributed by atoms with E-state index in [0.29, 0.717) is 9.47 Å². The summed E-state index contributed by atoms with van der Waals surface area (Å²) in [6.45, 7) is 2.01. The average molecular weight is 468 g/mol. The molecule has 2 heterocycles. The molecule has 32 heavy (non-hydrogen) atoms. The summed E-state index contributed by atoms with van der Waals surface area (Å²) in [5, 5.41) is 25.1. The molecule has 4 N–H and O–H groups in total. The highest BCUT2D eigenvalue weighted by Gasteiger charge is 2.22. The average Bonchev–Trinajstić information content (AvgIpc) is 3.39. The molecule has 4 aromatic rings. The molecule has 1 unspecified atom stereocenters. The number of carbonyl (C=O) groups excluding carboxylic acids is 1. The third-order valence-electron chi connectivity index (χ3n) is 4.73. The highest BCUT2D eigenvalue weighted by molar-refractivity contribution is 8.01. The van der Waals surface area contributed by atoms with Gasteiger partial charge in [-0.2, -0.15) is 0 Å². The number of H-pyrrole nitrogens is 1. The van der Waals surface area contributed by atoms with Gasteiger partial charge in [-0.3, -0.25) is 4.79 Å². The molecule has 8 nitrogen and oxygen atoms in total. The number of thioether (sulfide) groups is 1. The van der Waals surface area contributed by atoms with Gasteiger partial charge in [0.05, 0.1) is 5.75 Å². The van der Waals surface area contributed by atoms with Gasteiger partial charge in [0.25, 0.3) is 0 Å². The number of fused-ring (bicyclic) bond motifs is 1. The van der Waals surface area contributed by atoms with Gasteiger partial charge in [-0.15, -0.1) is 10.2 Å². The number of hydrogen-bond acceptors (Lipinski definition) is 7. The minimum atomic E-state index is -1.07. The fourth-order valence-corrected chi connectivity index (χ4v) is 4.83. The molecule has 0 bridgehead atoms. The molecule has 10 heteroatoms. The summed E-state index contributed by atoms with van der Waals surface area (Å²) < 4.78 is 0.624. The second-order valence-corrected chi connectivity index (χ2v) is 9.38. The summed E-state index contributed by atoms with van der Waals surface area (Å²) in [6, 6.07) is 14.5. The molecule has 164 valence electrons. The van der Waals surface area contributed by atoms with E-state index in [1.807, 2.05) is 55.5 Å². The topological polar surface area (TPSA) is 120 Å². The second-order valence-electron chi connectivity index (χ2n) is 7.18. The predicted octanol–water partition coefficient (Wildman–Crippen LogP) is 3.98. The third-order valence-corrected chi connectivity index (χ3v) is 6.71. The smallest absolute Gasteiger partial charge is 0.326 e. The Balaban J connectivity index is 1.32. The number of para-hydroxylation sites is 1. The first-order valence-corrected chi connectivity index (χ1v) is 11.7. The van der Waals surface area contributed by atoms with Crippen LogP contribution in [0.1, 0.15) is 11.1 Å². The van der Waals surface area contributed by atoms with E-state index in [2.05, 4.69) is 25.8 Å². The van der Waals surface area contributed by atoms with Crippen LogP contribution in [0.2, 0.25) is 0 Å². The van der Waals surface area contributed by atoms with E-state index in [0.717, 1.165) is 27.7 Å². The Hall–Kier alpha value is -3.37. The van der Waals surface area contributed by atoms with Crippen molar-refractivity contribution in [3.05, 3.63) is 65.9 Å². The van der Waals surface area contributed by atoms with Crippen LogP contribution >= 0.6 is 23.1 Å². The number of nitrogens with zero attached hydrogens (tertiary/aromatic N) is 2. The first-order valence-electron chi connectivity index (χ1n) is 9.85. The van der Waals surface area contributed by atoms with Crippen LogP contribution in [0.4, 0.5) is 10.8 Å². The molecule has 0 saturated heterocycles. The van der Waals surface area contributed by atoms with Crippen LogP contribution in [-0.2, 0) is 16.0 Å². The Bertz CT molecular complexity index is 1250. The number of anilines is 2. The molecule has 4 rings (SSSR count). The van der Waals surface area contributed by atoms with Crippen LogP contribution in [0, 0.1) is 6.92 Å². The van der Waals surface area contributed by atoms with Crippen molar-refractivity contribution in [3.63, 3.8) is 0 Å². The molecule has 2 aromatic carbocycles. The largest absolute Gasteiger partial charge is 0.480 e. The maximum absolute atomic E-state index is 12.4. The fraction of sp³-hybridized carbons (Fsp3) is 0.182. The number of carboxylic acid groups (broad SMARTS) is 1. The minimum Gasteiger partial charge on any atom is -0.480 e. The number of aryl methyl sites for hydroxylation is 1. The number of aromatic nitrogens is 3. The van der Waals surface area contributed by atoms with Crippen molar-refractivity contribution >= 4 is 56.7 Å². The van der Waals surface area contributed by atoms with Gasteiger partial charge in [-0.1, -0.05) is 53.4 Å². The van der Waals surface area contributed by atoms with E-state index in [4.69, 9.17) is 0 Å². The summed E-state index contributed by atoms with van der Waals surface area (Å²) in [5.41, 5.74) is 3.82. The number of hydrogen-bond donors (Lipinski definition) is 4. The van der Waals surface area contributed by atoms with E-state index in [-0.39, 0.29) is 18.1 Å². The Morgan fingerprint density at radius 3 is 2.84 bits per heavy atom. The van der Waals surface area contributed by atoms with Gasteiger partial charge in [0.1, 0.15) is 6.04 Å². The number of carboxylic acids is 1. The maximum atomic E-state index is 12.4. The second kappa shape index (κ2) is 9.84. The SMILES string of the molecule is Cc1cccc(Nc2nnc(SCC(=O)NC(Cc3c[nH]c4ccccc34)C(=O)O)s2)c1. The summed E-state index contributed by atoms with van der Waals surface area (Å²) in [4.78, 5) is 27.2. The van der Waals surface area contributed by atoms with E-state index >= 15 is 0 Å². The molecule has 0 aliphatic rings. The maximum Gasteiger partial charge on any atom is 0.326 e. The number of amides is 1. The van der Waals surface area contributed by atoms with E-state index in [9.17, 15) is 14.7 Å². The third kappa shape index (κ3) is 5.45. The van der Waals surface area contributed by atoms with Crippen molar-refractivity contribution in [2.75, 3.05) is 11.1 Å². The van der Waals surface area contributed by atoms with Gasteiger partial charge in [-0.25, -0.2) is 4.79 Å². The Morgan fingerprint density at radius 1 is 1.19 bits per heavy atom. The normalized spacial score (nSPS) is 11.9. The summed E-state index contributed by atoms with van der Waals surface area (Å²) in [6.07, 6.45) is 1.98. The van der Waals surface area contributed by atoms with Gasteiger partial charge in [0.2, 0.25) is 11.0 Å². The van der Waals surface area contributed by atoms with Crippen LogP contribution in [0.25, 0.3) is 10.9 Å². The van der Waals surface area contributed by atoms with Crippen molar-refractivity contribution < 1.29 is 14.7 Å². The lowest BCUT2D eigenvalue weighted by Gasteiger charge is -2.14. The first kappa shape index (κ1) is 21.8. The summed E-state index contributed by atoms with van der Waals surface area (Å²) in [7, 11) is 0. The Labute approximate surface area is 192 Å². The zero-order chi connectivity index (χ0) is 22.5. The van der Waals surface area contributed by atoms with Crippen LogP contribution in [0.15, 0.2) is 59.1 Å². The van der Waals surface area contributed by atoms with E-state index < -0.39 is 12.0 Å². The van der Waals surface area contributed by atoms with Crippen molar-refractivity contribution in [1.82, 2.24) is 20.5 Å². The van der Waals surface area contributed by atoms with E-state index in [1.165, 1.54) is 23.1 Å². The van der Waals surface area contributed by atoms with Crippen LogP contribution in [0.5, 0.6) is 0 Å². The molecule has 0 saturated carbocycles. The highest BCUT2D eigenvalue weighted by atomic mass is 32.2. The molecule has 2 aromatic heterocycles. The molecule has 0 aliphatic carbocycles. The quantitative estimate of drug-likeness (QED) is 0.275. The number of carbonyl (C=O) groups is 2. The Morgan fingerprint density at radius 2 is 2.03 bits per heavy atom. The first-order chi connectivity index (χ1) is 15.5. The molecule has 0 fully saturated rings. The molecular formula is C22H21N5O3S2. The van der Waals surface area contributed by atoms with Crippen molar-refractivity contribution in [2.24, 2.45) is 0 Å². The molecule has 1 amide bonds. The van der Waals surface area contributed by atoms with Gasteiger partial charge < -0.3 is 20.7 Å². The lowest BCUT2D eigenvalue weighted by Crippen LogP contribution is -2.43. The van der Waals surface area contributed by atoms with Gasteiger partial charge >= 0.3 is 5.97 Å². The van der Waals surface area contributed by atoms with Crippen molar-refractivity contribution in [3.8, 4) is 0 Å². The zero-order valence-electron chi connectivity index (χ0n) is 17.2. The van der Waals surface area contributed by atoms with Gasteiger partial charge in [0, 0.05) is 29.2 Å². The number of benzene rings is 2. The van der Waals surface area contributed by atoms with Crippen LogP contribution in [-0.4, -0.2) is 44.0 Å². The number of rotatable bonds is 9. The Kier molecular flexibility index (Phi) is 6.72. The summed E-state index contributed by atoms with van der Waals surface area (Å²) in [5.74, 6) is -1.39. The summed E-state index contributed by atoms with van der Waals surface area (Å²) >= 11 is 2.56. The predicted molar refractivity (Wildman–Crippen MR) is 127 cm³/mol. The fourth-order valence-electron chi connectivity index (χ4n) is 3.25. The van der Waals surface area contributed by atoms with Crippen LogP contribution < -0.4 is 10.6 Å². The van der Waals surface area contributed by atoms with Gasteiger partial charge in [0.15, 0.2) is 4.34 Å².